The van der Waals surface area contributed by atoms with Crippen molar-refractivity contribution in [3.63, 3.8) is 0 Å². The predicted octanol–water partition coefficient (Wildman–Crippen LogP) is 4.29. The number of nitrogens with one attached hydrogen (secondary N) is 1. The second-order valence-corrected chi connectivity index (χ2v) is 5.83. The van der Waals surface area contributed by atoms with Crippen molar-refractivity contribution in [2.24, 2.45) is 0 Å². The lowest BCUT2D eigenvalue weighted by atomic mass is 10.1. The fourth-order valence-electron chi connectivity index (χ4n) is 2.07. The van der Waals surface area contributed by atoms with Crippen LogP contribution < -0.4 is 5.32 Å². The first-order valence-corrected chi connectivity index (χ1v) is 7.51. The van der Waals surface area contributed by atoms with Crippen LogP contribution >= 0.6 is 15.9 Å². The van der Waals surface area contributed by atoms with Crippen molar-refractivity contribution in [2.45, 2.75) is 32.7 Å². The van der Waals surface area contributed by atoms with Crippen LogP contribution in [0.25, 0.3) is 0 Å². The van der Waals surface area contributed by atoms with E-state index in [0.717, 1.165) is 28.8 Å². The number of phenolic OH excluding ortho intramolecular Hbond substituents is 1. The molecule has 2 N–H and O–H groups in total. The molecule has 0 saturated carbocycles. The Hall–Kier alpha value is -1.55. The molecule has 0 aliphatic rings. The van der Waals surface area contributed by atoms with Crippen molar-refractivity contribution in [2.75, 3.05) is 5.32 Å². The summed E-state index contributed by atoms with van der Waals surface area (Å²) >= 11 is 3.37. The number of rotatable bonds is 5. The lowest BCUT2D eigenvalue weighted by Gasteiger charge is -2.16. The Morgan fingerprint density at radius 2 is 1.90 bits per heavy atom. The zero-order chi connectivity index (χ0) is 14.5. The van der Waals surface area contributed by atoms with Crippen molar-refractivity contribution in [1.29, 1.82) is 0 Å². The van der Waals surface area contributed by atoms with E-state index in [0.29, 0.717) is 11.8 Å². The maximum Gasteiger partial charge on any atom is 0.115 e. The SMILES string of the molecule is Cc1nc(Br)ccc1NC(C)CCc1ccc(O)cc1. The number of halogens is 1. The van der Waals surface area contributed by atoms with Gasteiger partial charge < -0.3 is 10.4 Å². The van der Waals surface area contributed by atoms with E-state index in [1.165, 1.54) is 5.56 Å². The molecule has 0 saturated heterocycles. The van der Waals surface area contributed by atoms with Gasteiger partial charge in [0.2, 0.25) is 0 Å². The third kappa shape index (κ3) is 4.23. The molecule has 0 amide bonds. The number of aromatic nitrogens is 1. The average molecular weight is 335 g/mol. The lowest BCUT2D eigenvalue weighted by Crippen LogP contribution is -2.17. The summed E-state index contributed by atoms with van der Waals surface area (Å²) in [5.41, 5.74) is 3.31. The highest BCUT2D eigenvalue weighted by Gasteiger charge is 2.06. The first-order chi connectivity index (χ1) is 9.54. The minimum absolute atomic E-state index is 0.316. The molecule has 106 valence electrons. The number of anilines is 1. The van der Waals surface area contributed by atoms with Gasteiger partial charge in [0.15, 0.2) is 0 Å². The van der Waals surface area contributed by atoms with E-state index in [9.17, 15) is 5.11 Å². The van der Waals surface area contributed by atoms with E-state index in [1.54, 1.807) is 12.1 Å². The smallest absolute Gasteiger partial charge is 0.115 e. The van der Waals surface area contributed by atoms with Gasteiger partial charge in [0, 0.05) is 6.04 Å². The van der Waals surface area contributed by atoms with Crippen LogP contribution in [0.5, 0.6) is 5.75 Å². The third-order valence-electron chi connectivity index (χ3n) is 3.26. The molecule has 1 unspecified atom stereocenters. The molecular weight excluding hydrogens is 316 g/mol. The summed E-state index contributed by atoms with van der Waals surface area (Å²) in [6, 6.07) is 11.8. The topological polar surface area (TPSA) is 45.2 Å². The number of hydrogen-bond acceptors (Lipinski definition) is 3. The van der Waals surface area contributed by atoms with Gasteiger partial charge in [-0.05, 0) is 72.4 Å². The Morgan fingerprint density at radius 1 is 1.20 bits per heavy atom. The van der Waals surface area contributed by atoms with Crippen molar-refractivity contribution < 1.29 is 5.11 Å². The van der Waals surface area contributed by atoms with Gasteiger partial charge in [-0.3, -0.25) is 0 Å². The number of pyridine rings is 1. The molecule has 0 radical (unpaired) electrons. The van der Waals surface area contributed by atoms with Crippen LogP contribution in [0.3, 0.4) is 0 Å². The molecule has 0 aliphatic heterocycles. The van der Waals surface area contributed by atoms with E-state index in [-0.39, 0.29) is 0 Å². The van der Waals surface area contributed by atoms with Crippen LogP contribution in [-0.2, 0) is 6.42 Å². The number of hydrogen-bond donors (Lipinski definition) is 2. The van der Waals surface area contributed by atoms with Gasteiger partial charge in [-0.25, -0.2) is 4.98 Å². The summed E-state index contributed by atoms with van der Waals surface area (Å²) < 4.78 is 0.859. The molecule has 0 bridgehead atoms. The van der Waals surface area contributed by atoms with Crippen LogP contribution in [0.1, 0.15) is 24.6 Å². The fourth-order valence-corrected chi connectivity index (χ4v) is 2.46. The monoisotopic (exact) mass is 334 g/mol. The van der Waals surface area contributed by atoms with Gasteiger partial charge in [0.05, 0.1) is 11.4 Å². The van der Waals surface area contributed by atoms with Gasteiger partial charge in [-0.1, -0.05) is 12.1 Å². The van der Waals surface area contributed by atoms with Crippen molar-refractivity contribution >= 4 is 21.6 Å². The Kier molecular flexibility index (Phi) is 5.01. The normalized spacial score (nSPS) is 12.2. The van der Waals surface area contributed by atoms with Crippen LogP contribution in [0.4, 0.5) is 5.69 Å². The second kappa shape index (κ2) is 6.75. The zero-order valence-corrected chi connectivity index (χ0v) is 13.3. The largest absolute Gasteiger partial charge is 0.508 e. The molecule has 1 atom stereocenters. The van der Waals surface area contributed by atoms with Gasteiger partial charge in [0.25, 0.3) is 0 Å². The molecule has 4 heteroatoms. The molecule has 0 spiro atoms. The third-order valence-corrected chi connectivity index (χ3v) is 3.70. The van der Waals surface area contributed by atoms with Crippen LogP contribution in [0, 0.1) is 6.92 Å². The van der Waals surface area contributed by atoms with Gasteiger partial charge in [0.1, 0.15) is 10.4 Å². The molecule has 1 aromatic heterocycles. The van der Waals surface area contributed by atoms with Crippen LogP contribution in [-0.4, -0.2) is 16.1 Å². The molecule has 1 heterocycles. The molecule has 2 aromatic rings. The molecule has 2 rings (SSSR count). The van der Waals surface area contributed by atoms with Crippen molar-refractivity contribution in [3.05, 3.63) is 52.3 Å². The molecule has 3 nitrogen and oxygen atoms in total. The van der Waals surface area contributed by atoms with Crippen molar-refractivity contribution in [3.8, 4) is 5.75 Å². The molecule has 20 heavy (non-hydrogen) atoms. The van der Waals surface area contributed by atoms with Crippen LogP contribution in [0.2, 0.25) is 0 Å². The number of aryl methyl sites for hydroxylation is 2. The summed E-state index contributed by atoms with van der Waals surface area (Å²) in [5, 5.41) is 12.7. The summed E-state index contributed by atoms with van der Waals surface area (Å²) in [6.45, 7) is 4.17. The van der Waals surface area contributed by atoms with Gasteiger partial charge in [-0.2, -0.15) is 0 Å². The Balaban J connectivity index is 1.89. The van der Waals surface area contributed by atoms with E-state index in [2.05, 4.69) is 33.2 Å². The number of phenols is 1. The van der Waals surface area contributed by atoms with Gasteiger partial charge in [-0.15, -0.1) is 0 Å². The van der Waals surface area contributed by atoms with E-state index >= 15 is 0 Å². The highest BCUT2D eigenvalue weighted by atomic mass is 79.9. The highest BCUT2D eigenvalue weighted by molar-refractivity contribution is 9.10. The maximum atomic E-state index is 9.26. The second-order valence-electron chi connectivity index (χ2n) is 5.02. The summed E-state index contributed by atoms with van der Waals surface area (Å²) in [6.07, 6.45) is 2.01. The number of aromatic hydroxyl groups is 1. The summed E-state index contributed by atoms with van der Waals surface area (Å²) in [5.74, 6) is 0.316. The van der Waals surface area contributed by atoms with E-state index < -0.39 is 0 Å². The quantitative estimate of drug-likeness (QED) is 0.801. The van der Waals surface area contributed by atoms with E-state index in [1.807, 2.05) is 31.2 Å². The summed E-state index contributed by atoms with van der Waals surface area (Å²) in [7, 11) is 0. The first kappa shape index (κ1) is 14.9. The fraction of sp³-hybridized carbons (Fsp3) is 0.312. The predicted molar refractivity (Wildman–Crippen MR) is 86.2 cm³/mol. The summed E-state index contributed by atoms with van der Waals surface area (Å²) in [4.78, 5) is 4.38. The number of nitrogens with zero attached hydrogens (tertiary/aromatic N) is 1. The van der Waals surface area contributed by atoms with E-state index in [4.69, 9.17) is 0 Å². The zero-order valence-electron chi connectivity index (χ0n) is 11.7. The Labute approximate surface area is 128 Å². The molecule has 1 aromatic carbocycles. The number of benzene rings is 1. The Bertz CT molecular complexity index is 569. The highest BCUT2D eigenvalue weighted by Crippen LogP contribution is 2.18. The minimum atomic E-state index is 0.316. The molecule has 0 fully saturated rings. The lowest BCUT2D eigenvalue weighted by molar-refractivity contribution is 0.475. The standard InChI is InChI=1S/C16H19BrN2O/c1-11(3-4-13-5-7-14(20)8-6-13)18-15-9-10-16(17)19-12(15)2/h5-11,18,20H,3-4H2,1-2H3. The van der Waals surface area contributed by atoms with Gasteiger partial charge >= 0.3 is 0 Å². The van der Waals surface area contributed by atoms with Crippen LogP contribution in [0.15, 0.2) is 41.0 Å². The average Bonchev–Trinajstić information content (AvgIpc) is 2.41. The van der Waals surface area contributed by atoms with Crippen molar-refractivity contribution in [1.82, 2.24) is 4.98 Å². The first-order valence-electron chi connectivity index (χ1n) is 6.72. The molecular formula is C16H19BrN2O. The Morgan fingerprint density at radius 3 is 2.55 bits per heavy atom. The maximum absolute atomic E-state index is 9.26. The molecule has 0 aliphatic carbocycles. The minimum Gasteiger partial charge on any atom is -0.508 e.